The zero-order valence-electron chi connectivity index (χ0n) is 21.5. The normalized spacial score (nSPS) is 12.0. The van der Waals surface area contributed by atoms with E-state index >= 15 is 0 Å². The topological polar surface area (TPSA) is 62.7 Å². The lowest BCUT2D eigenvalue weighted by molar-refractivity contribution is -0.152. The maximum atomic E-state index is 13.0. The Hall–Kier alpha value is -3.55. The molecule has 198 valence electrons. The number of carboxylic acids is 1. The fraction of sp³-hybridized carbons (Fsp3) is 0.379. The van der Waals surface area contributed by atoms with Crippen LogP contribution in [0, 0.1) is 0 Å². The molecule has 37 heavy (non-hydrogen) atoms. The van der Waals surface area contributed by atoms with Gasteiger partial charge in [0.1, 0.15) is 11.6 Å². The second kappa shape index (κ2) is 11.7. The molecule has 8 heteroatoms. The summed E-state index contributed by atoms with van der Waals surface area (Å²) < 4.78 is 44.4. The molecule has 1 N–H and O–H groups in total. The number of carboxylic acid groups (broad SMARTS) is 1. The summed E-state index contributed by atoms with van der Waals surface area (Å²) in [6.07, 6.45) is -0.973. The molecule has 0 aliphatic heterocycles. The molecule has 0 radical (unpaired) electrons. The molecule has 2 aromatic carbocycles. The first-order valence-electron chi connectivity index (χ1n) is 12.2. The number of aryl methyl sites for hydroxylation is 1. The van der Waals surface area contributed by atoms with Crippen LogP contribution in [0.2, 0.25) is 0 Å². The number of aromatic nitrogens is 1. The van der Waals surface area contributed by atoms with E-state index in [0.717, 1.165) is 47.5 Å². The van der Waals surface area contributed by atoms with E-state index in [2.05, 4.69) is 23.7 Å². The number of hydrogen-bond donors (Lipinski definition) is 1. The van der Waals surface area contributed by atoms with E-state index in [1.165, 1.54) is 26.0 Å². The van der Waals surface area contributed by atoms with Gasteiger partial charge in [0.2, 0.25) is 0 Å². The van der Waals surface area contributed by atoms with E-state index in [9.17, 15) is 23.1 Å². The van der Waals surface area contributed by atoms with Crippen molar-refractivity contribution in [2.75, 3.05) is 11.4 Å². The summed E-state index contributed by atoms with van der Waals surface area (Å²) >= 11 is 0. The second-order valence-corrected chi connectivity index (χ2v) is 9.89. The predicted octanol–water partition coefficient (Wildman–Crippen LogP) is 7.11. The van der Waals surface area contributed by atoms with Crippen LogP contribution in [0.1, 0.15) is 62.3 Å². The molecule has 0 bridgehead atoms. The highest BCUT2D eigenvalue weighted by Gasteiger charge is 2.30. The van der Waals surface area contributed by atoms with Crippen molar-refractivity contribution in [1.29, 1.82) is 0 Å². The zero-order chi connectivity index (χ0) is 27.2. The van der Waals surface area contributed by atoms with Gasteiger partial charge in [-0.15, -0.1) is 0 Å². The molecule has 0 saturated heterocycles. The molecular weight excluding hydrogens is 481 g/mol. The van der Waals surface area contributed by atoms with Gasteiger partial charge in [0, 0.05) is 19.3 Å². The Bertz CT molecular complexity index is 1160. The zero-order valence-corrected chi connectivity index (χ0v) is 21.5. The molecule has 1 heterocycles. The molecule has 0 aliphatic carbocycles. The molecule has 5 nitrogen and oxygen atoms in total. The van der Waals surface area contributed by atoms with Crippen LogP contribution in [0.5, 0.6) is 5.75 Å². The van der Waals surface area contributed by atoms with Gasteiger partial charge >= 0.3 is 12.1 Å². The molecule has 1 aromatic heterocycles. The van der Waals surface area contributed by atoms with Gasteiger partial charge in [-0.25, -0.2) is 9.78 Å². The number of rotatable bonds is 11. The number of aliphatic carboxylic acids is 1. The molecule has 0 unspecified atom stereocenters. The molecule has 0 fully saturated rings. The minimum atomic E-state index is -4.36. The number of carbonyl (C=O) groups is 1. The van der Waals surface area contributed by atoms with E-state index in [1.54, 1.807) is 12.1 Å². The number of benzene rings is 2. The summed E-state index contributed by atoms with van der Waals surface area (Å²) in [5.41, 5.74) is 0.967. The quantitative estimate of drug-likeness (QED) is 0.296. The summed E-state index contributed by atoms with van der Waals surface area (Å²) in [4.78, 5) is 18.0. The van der Waals surface area contributed by atoms with Gasteiger partial charge in [-0.2, -0.15) is 13.2 Å². The lowest BCUT2D eigenvalue weighted by atomic mass is 10.1. The Morgan fingerprint density at radius 3 is 2.11 bits per heavy atom. The number of halogens is 3. The van der Waals surface area contributed by atoms with Gasteiger partial charge in [-0.3, -0.25) is 0 Å². The fourth-order valence-corrected chi connectivity index (χ4v) is 3.76. The largest absolute Gasteiger partial charge is 0.478 e. The minimum Gasteiger partial charge on any atom is -0.478 e. The Labute approximate surface area is 215 Å². The van der Waals surface area contributed by atoms with Crippen LogP contribution in [-0.4, -0.2) is 28.2 Å². The highest BCUT2D eigenvalue weighted by atomic mass is 19.4. The van der Waals surface area contributed by atoms with Gasteiger partial charge in [0.25, 0.3) is 0 Å². The van der Waals surface area contributed by atoms with E-state index in [1.807, 2.05) is 30.5 Å². The van der Waals surface area contributed by atoms with Gasteiger partial charge in [0.05, 0.1) is 5.56 Å². The first kappa shape index (κ1) is 28.0. The summed E-state index contributed by atoms with van der Waals surface area (Å²) in [6.45, 7) is 8.26. The SMILES string of the molecule is CC(C)c1ccc(N(CCCc2ccc(OC(C)(C)C(=O)O)cc2)Cc2ccc(C(F)(F)F)cc2)nc1. The van der Waals surface area contributed by atoms with Gasteiger partial charge in [-0.05, 0) is 79.6 Å². The summed E-state index contributed by atoms with van der Waals surface area (Å²) in [5.74, 6) is 0.552. The van der Waals surface area contributed by atoms with Gasteiger partial charge < -0.3 is 14.7 Å². The Morgan fingerprint density at radius 1 is 0.973 bits per heavy atom. The molecular formula is C29H33F3N2O3. The average Bonchev–Trinajstić information content (AvgIpc) is 2.84. The molecule has 3 rings (SSSR count). The van der Waals surface area contributed by atoms with Crippen LogP contribution >= 0.6 is 0 Å². The van der Waals surface area contributed by atoms with Gasteiger partial charge in [0.15, 0.2) is 5.60 Å². The van der Waals surface area contributed by atoms with Crippen LogP contribution in [0.4, 0.5) is 19.0 Å². The van der Waals surface area contributed by atoms with Gasteiger partial charge in [-0.1, -0.05) is 44.2 Å². The molecule has 3 aromatic rings. The Balaban J connectivity index is 1.69. The number of alkyl halides is 3. The first-order valence-corrected chi connectivity index (χ1v) is 12.2. The van der Waals surface area contributed by atoms with E-state index in [4.69, 9.17) is 4.74 Å². The Morgan fingerprint density at radius 2 is 1.59 bits per heavy atom. The lowest BCUT2D eigenvalue weighted by Gasteiger charge is -2.25. The minimum absolute atomic E-state index is 0.345. The standard InChI is InChI=1S/C29H33F3N2O3/c1-20(2)23-11-16-26(33-18-23)34(19-22-7-12-24(13-8-22)29(30,31)32)17-5-6-21-9-14-25(15-10-21)37-28(3,4)27(35)36/h7-16,18,20H,5-6,17,19H2,1-4H3,(H,35,36). The fourth-order valence-electron chi connectivity index (χ4n) is 3.76. The highest BCUT2D eigenvalue weighted by Crippen LogP contribution is 2.29. The van der Waals surface area contributed by atoms with Crippen molar-refractivity contribution in [3.63, 3.8) is 0 Å². The van der Waals surface area contributed by atoms with Crippen molar-refractivity contribution >= 4 is 11.8 Å². The first-order chi connectivity index (χ1) is 17.3. The van der Waals surface area contributed by atoms with Crippen molar-refractivity contribution in [1.82, 2.24) is 4.98 Å². The van der Waals surface area contributed by atoms with Crippen LogP contribution < -0.4 is 9.64 Å². The van der Waals surface area contributed by atoms with Crippen molar-refractivity contribution in [3.05, 3.63) is 89.1 Å². The highest BCUT2D eigenvalue weighted by molar-refractivity contribution is 5.76. The second-order valence-electron chi connectivity index (χ2n) is 9.89. The molecule has 0 saturated carbocycles. The average molecular weight is 515 g/mol. The predicted molar refractivity (Wildman–Crippen MR) is 138 cm³/mol. The molecule has 0 amide bonds. The van der Waals surface area contributed by atoms with E-state index < -0.39 is 23.3 Å². The third kappa shape index (κ3) is 7.97. The maximum absolute atomic E-state index is 13.0. The van der Waals surface area contributed by atoms with E-state index in [0.29, 0.717) is 24.8 Å². The van der Waals surface area contributed by atoms with Crippen molar-refractivity contribution in [2.24, 2.45) is 0 Å². The summed E-state index contributed by atoms with van der Waals surface area (Å²) in [6, 6.07) is 16.5. The van der Waals surface area contributed by atoms with Crippen LogP contribution in [0.15, 0.2) is 66.9 Å². The summed E-state index contributed by atoms with van der Waals surface area (Å²) in [7, 11) is 0. The smallest absolute Gasteiger partial charge is 0.416 e. The molecule has 0 aliphatic rings. The third-order valence-electron chi connectivity index (χ3n) is 6.12. The molecule has 0 spiro atoms. The Kier molecular flexibility index (Phi) is 8.84. The van der Waals surface area contributed by atoms with Crippen LogP contribution in [0.25, 0.3) is 0 Å². The monoisotopic (exact) mass is 514 g/mol. The number of ether oxygens (including phenoxy) is 1. The third-order valence-corrected chi connectivity index (χ3v) is 6.12. The number of anilines is 1. The van der Waals surface area contributed by atoms with Crippen molar-refractivity contribution in [2.45, 2.75) is 64.8 Å². The van der Waals surface area contributed by atoms with Crippen molar-refractivity contribution < 1.29 is 27.8 Å². The number of nitrogens with zero attached hydrogens (tertiary/aromatic N) is 2. The maximum Gasteiger partial charge on any atom is 0.416 e. The van der Waals surface area contributed by atoms with E-state index in [-0.39, 0.29) is 0 Å². The van der Waals surface area contributed by atoms with Crippen LogP contribution in [-0.2, 0) is 23.9 Å². The molecule has 0 atom stereocenters. The van der Waals surface area contributed by atoms with Crippen molar-refractivity contribution in [3.8, 4) is 5.75 Å². The number of hydrogen-bond acceptors (Lipinski definition) is 4. The van der Waals surface area contributed by atoms with Crippen LogP contribution in [0.3, 0.4) is 0 Å². The number of pyridine rings is 1. The lowest BCUT2D eigenvalue weighted by Crippen LogP contribution is -2.37. The summed E-state index contributed by atoms with van der Waals surface area (Å²) in [5, 5.41) is 9.23.